The maximum absolute atomic E-state index is 9.59. The Morgan fingerprint density at radius 3 is 1.39 bits per heavy atom. The molecule has 0 aliphatic heterocycles. The molecule has 0 unspecified atom stereocenters. The van der Waals surface area contributed by atoms with Gasteiger partial charge in [0.1, 0.15) is 0 Å². The summed E-state index contributed by atoms with van der Waals surface area (Å²) < 4.78 is 0. The van der Waals surface area contributed by atoms with Crippen LogP contribution in [0, 0.1) is 0 Å². The monoisotopic (exact) mass is 342 g/mol. The van der Waals surface area contributed by atoms with Crippen molar-refractivity contribution in [2.45, 2.75) is 13.1 Å². The molecule has 0 fully saturated rings. The fourth-order valence-corrected chi connectivity index (χ4v) is 1.93. The van der Waals surface area contributed by atoms with Crippen LogP contribution in [0.4, 0.5) is 0 Å². The third-order valence-electron chi connectivity index (χ3n) is 2.70. The van der Waals surface area contributed by atoms with Gasteiger partial charge in [-0.2, -0.15) is 0 Å². The molecule has 0 atom stereocenters. The fraction of sp³-hybridized carbons (Fsp3) is 0.125. The second kappa shape index (κ2) is 11.9. The van der Waals surface area contributed by atoms with Crippen LogP contribution >= 0.6 is 24.4 Å². The first-order chi connectivity index (χ1) is 10.5. The number of benzene rings is 2. The van der Waals surface area contributed by atoms with Crippen LogP contribution in [0.25, 0.3) is 0 Å². The zero-order valence-electron chi connectivity index (χ0n) is 11.9. The summed E-state index contributed by atoms with van der Waals surface area (Å²) in [7, 11) is 0. The average Bonchev–Trinajstić information content (AvgIpc) is 2.48. The van der Waals surface area contributed by atoms with E-state index in [2.05, 4.69) is 18.0 Å². The summed E-state index contributed by atoms with van der Waals surface area (Å²) in [6.07, 6.45) is 0. The van der Waals surface area contributed by atoms with E-state index in [1.165, 1.54) is 0 Å². The normalized spacial score (nSPS) is 8.87. The van der Waals surface area contributed by atoms with E-state index in [-0.39, 0.29) is 24.0 Å². The SMILES string of the molecule is NC(O)=S.OC(=S)N(Cc1ccccc1)Cc1ccccc1.[LiH]. The molecular weight excluding hydrogens is 323 g/mol. The van der Waals surface area contributed by atoms with E-state index in [9.17, 15) is 5.11 Å². The van der Waals surface area contributed by atoms with Crippen molar-refractivity contribution in [3.8, 4) is 0 Å². The van der Waals surface area contributed by atoms with Gasteiger partial charge in [-0.05, 0) is 35.6 Å². The summed E-state index contributed by atoms with van der Waals surface area (Å²) in [4.78, 5) is 1.78. The molecule has 0 saturated heterocycles. The molecule has 2 aromatic carbocycles. The predicted octanol–water partition coefficient (Wildman–Crippen LogP) is 2.67. The van der Waals surface area contributed by atoms with Crippen LogP contribution in [-0.4, -0.2) is 44.3 Å². The van der Waals surface area contributed by atoms with Crippen LogP contribution in [0.15, 0.2) is 60.7 Å². The molecule has 2 rings (SSSR count). The number of thiocarbonyl (C=S) groups is 2. The molecule has 2 aromatic rings. The fourth-order valence-electron chi connectivity index (χ4n) is 1.80. The third-order valence-corrected chi connectivity index (χ3v) is 2.96. The van der Waals surface area contributed by atoms with Gasteiger partial charge in [0.05, 0.1) is 0 Å². The molecule has 0 heterocycles. The van der Waals surface area contributed by atoms with Gasteiger partial charge < -0.3 is 20.8 Å². The van der Waals surface area contributed by atoms with Crippen LogP contribution in [0.5, 0.6) is 0 Å². The number of rotatable bonds is 4. The number of aliphatic hydroxyl groups is 2. The Morgan fingerprint density at radius 1 is 0.826 bits per heavy atom. The van der Waals surface area contributed by atoms with Crippen molar-refractivity contribution in [2.24, 2.45) is 5.73 Å². The first kappa shape index (κ1) is 21.4. The third kappa shape index (κ3) is 9.92. The molecule has 23 heavy (non-hydrogen) atoms. The molecule has 4 N–H and O–H groups in total. The van der Waals surface area contributed by atoms with E-state index in [1.807, 2.05) is 60.7 Å². The molecule has 4 nitrogen and oxygen atoms in total. The van der Waals surface area contributed by atoms with Gasteiger partial charge in [0, 0.05) is 13.1 Å². The van der Waals surface area contributed by atoms with Crippen LogP contribution in [0.1, 0.15) is 11.1 Å². The summed E-state index contributed by atoms with van der Waals surface area (Å²) >= 11 is 8.77. The van der Waals surface area contributed by atoms with Crippen molar-refractivity contribution in [3.05, 3.63) is 71.8 Å². The molecule has 7 heteroatoms. The van der Waals surface area contributed by atoms with Gasteiger partial charge in [-0.3, -0.25) is 0 Å². The van der Waals surface area contributed by atoms with Gasteiger partial charge in [0.15, 0.2) is 0 Å². The van der Waals surface area contributed by atoms with Gasteiger partial charge in [-0.25, -0.2) is 0 Å². The molecule has 0 bridgehead atoms. The first-order valence-corrected chi connectivity index (χ1v) is 7.35. The first-order valence-electron chi connectivity index (χ1n) is 6.53. The number of nitrogens with zero attached hydrogens (tertiary/aromatic N) is 1. The molecule has 118 valence electrons. The van der Waals surface area contributed by atoms with E-state index in [0.717, 1.165) is 11.1 Å². The van der Waals surface area contributed by atoms with Gasteiger partial charge in [0.25, 0.3) is 10.3 Å². The quantitative estimate of drug-likeness (QED) is 0.586. The molecule has 0 aromatic heterocycles. The minimum atomic E-state index is -0.500. The van der Waals surface area contributed by atoms with Crippen molar-refractivity contribution in [3.63, 3.8) is 0 Å². The second-order valence-corrected chi connectivity index (χ2v) is 5.23. The van der Waals surface area contributed by atoms with Crippen molar-refractivity contribution < 1.29 is 10.2 Å². The van der Waals surface area contributed by atoms with Gasteiger partial charge >= 0.3 is 18.9 Å². The van der Waals surface area contributed by atoms with E-state index >= 15 is 0 Å². The second-order valence-electron chi connectivity index (χ2n) is 4.45. The summed E-state index contributed by atoms with van der Waals surface area (Å²) in [5.41, 5.74) is 6.66. The molecule has 0 aliphatic carbocycles. The van der Waals surface area contributed by atoms with Gasteiger partial charge in [0.2, 0.25) is 0 Å². The van der Waals surface area contributed by atoms with Crippen LogP contribution in [0.2, 0.25) is 0 Å². The van der Waals surface area contributed by atoms with E-state index in [0.29, 0.717) is 13.1 Å². The Kier molecular flexibility index (Phi) is 11.1. The van der Waals surface area contributed by atoms with Crippen LogP contribution < -0.4 is 5.73 Å². The van der Waals surface area contributed by atoms with Crippen LogP contribution in [0.3, 0.4) is 0 Å². The van der Waals surface area contributed by atoms with E-state index < -0.39 is 5.17 Å². The number of hydrogen-bond acceptors (Lipinski definition) is 2. The van der Waals surface area contributed by atoms with Crippen molar-refractivity contribution in [2.75, 3.05) is 0 Å². The molecule has 0 spiro atoms. The molecule has 0 amide bonds. The summed E-state index contributed by atoms with van der Waals surface area (Å²) in [6.45, 7) is 1.23. The minimum absolute atomic E-state index is 0. The van der Waals surface area contributed by atoms with Crippen molar-refractivity contribution >= 4 is 53.6 Å². The standard InChI is InChI=1S/C15H15NOS.CH3NOS.Li.H/c17-15(18)16(11-13-7-3-1-4-8-13)12-14-9-5-2-6-10-14;2-1(3)4;;/h1-10H,11-12H2,(H,17,18);(H3,2,3,4);;. The Labute approximate surface area is 159 Å². The maximum atomic E-state index is 9.59. The number of aliphatic hydroxyl groups excluding tert-OH is 2. The summed E-state index contributed by atoms with van der Waals surface area (Å²) in [6, 6.07) is 20.0. The Balaban J connectivity index is 0.000000871. The topological polar surface area (TPSA) is 69.7 Å². The average molecular weight is 342 g/mol. The van der Waals surface area contributed by atoms with Crippen LogP contribution in [-0.2, 0) is 13.1 Å². The Hall–Kier alpha value is -1.58. The molecular formula is C16H19LiN2O2S2. The zero-order chi connectivity index (χ0) is 16.4. The van der Waals surface area contributed by atoms with Crippen molar-refractivity contribution in [1.82, 2.24) is 4.90 Å². The molecule has 0 saturated carbocycles. The van der Waals surface area contributed by atoms with E-state index in [4.69, 9.17) is 17.3 Å². The number of hydrogen-bond donors (Lipinski definition) is 3. The van der Waals surface area contributed by atoms with Crippen molar-refractivity contribution in [1.29, 1.82) is 0 Å². The summed E-state index contributed by atoms with van der Waals surface area (Å²) in [5, 5.41) is 16.6. The zero-order valence-corrected chi connectivity index (χ0v) is 13.6. The summed E-state index contributed by atoms with van der Waals surface area (Å²) in [5.74, 6) is 0. The molecule has 0 radical (unpaired) electrons. The Morgan fingerprint density at radius 2 is 1.13 bits per heavy atom. The predicted molar refractivity (Wildman–Crippen MR) is 104 cm³/mol. The number of nitrogens with two attached hydrogens (primary N) is 1. The van der Waals surface area contributed by atoms with Gasteiger partial charge in [-0.1, -0.05) is 60.7 Å². The molecule has 0 aliphatic rings. The van der Waals surface area contributed by atoms with E-state index in [1.54, 1.807) is 4.90 Å². The van der Waals surface area contributed by atoms with Gasteiger partial charge in [-0.15, -0.1) is 0 Å². The Bertz CT molecular complexity index is 552.